The maximum Gasteiger partial charge on any atom is 0.115 e. The first-order valence-electron chi connectivity index (χ1n) is 4.23. The van der Waals surface area contributed by atoms with E-state index in [9.17, 15) is 5.11 Å². The second-order valence-corrected chi connectivity index (χ2v) is 4.50. The van der Waals surface area contributed by atoms with E-state index in [1.807, 2.05) is 13.8 Å². The van der Waals surface area contributed by atoms with Crippen LogP contribution >= 0.6 is 22.6 Å². The third-order valence-corrected chi connectivity index (χ3v) is 2.82. The lowest BCUT2D eigenvalue weighted by molar-refractivity contribution is 0.124. The van der Waals surface area contributed by atoms with Crippen molar-refractivity contribution in [1.82, 2.24) is 9.97 Å². The van der Waals surface area contributed by atoms with E-state index < -0.39 is 0 Å². The van der Waals surface area contributed by atoms with Gasteiger partial charge >= 0.3 is 0 Å². The smallest absolute Gasteiger partial charge is 0.115 e. The van der Waals surface area contributed by atoms with Crippen LogP contribution in [0.3, 0.4) is 0 Å². The molecule has 1 aromatic rings. The van der Waals surface area contributed by atoms with Gasteiger partial charge in [-0.3, -0.25) is 0 Å². The second-order valence-electron chi connectivity index (χ2n) is 3.33. The molecule has 72 valence electrons. The van der Waals surface area contributed by atoms with E-state index in [2.05, 4.69) is 32.6 Å². The fourth-order valence-corrected chi connectivity index (χ4v) is 1.44. The van der Waals surface area contributed by atoms with Crippen LogP contribution in [-0.4, -0.2) is 21.2 Å². The van der Waals surface area contributed by atoms with Crippen LogP contribution in [0.2, 0.25) is 0 Å². The predicted octanol–water partition coefficient (Wildman–Crippen LogP) is 1.64. The first kappa shape index (κ1) is 10.8. The fourth-order valence-electron chi connectivity index (χ4n) is 0.922. The van der Waals surface area contributed by atoms with Crippen molar-refractivity contribution in [1.29, 1.82) is 0 Å². The van der Waals surface area contributed by atoms with Gasteiger partial charge in [0, 0.05) is 12.6 Å². The largest absolute Gasteiger partial charge is 0.392 e. The van der Waals surface area contributed by atoms with Crippen molar-refractivity contribution in [3.05, 3.63) is 21.8 Å². The highest BCUT2D eigenvalue weighted by Gasteiger charge is 2.12. The molecule has 1 N–H and O–H groups in total. The van der Waals surface area contributed by atoms with Crippen molar-refractivity contribution in [3.8, 4) is 0 Å². The Morgan fingerprint density at radius 3 is 2.77 bits per heavy atom. The summed E-state index contributed by atoms with van der Waals surface area (Å²) in [6, 6.07) is 0. The van der Waals surface area contributed by atoms with Crippen LogP contribution in [0.5, 0.6) is 0 Å². The molecule has 0 saturated carbocycles. The third-order valence-electron chi connectivity index (χ3n) is 1.92. The van der Waals surface area contributed by atoms with Gasteiger partial charge in [-0.25, -0.2) is 9.97 Å². The van der Waals surface area contributed by atoms with E-state index in [-0.39, 0.29) is 12.0 Å². The molecule has 0 radical (unpaired) electrons. The maximum atomic E-state index is 9.64. The summed E-state index contributed by atoms with van der Waals surface area (Å²) in [6.45, 7) is 4.00. The molecule has 0 aliphatic rings. The molecule has 4 heteroatoms. The third kappa shape index (κ3) is 3.19. The van der Waals surface area contributed by atoms with Crippen molar-refractivity contribution in [3.63, 3.8) is 0 Å². The molecular formula is C9H13IN2O. The SMILES string of the molecule is CC(C)C(O)Cc1ncncc1I. The van der Waals surface area contributed by atoms with Crippen molar-refractivity contribution >= 4 is 22.6 Å². The number of hydrogen-bond acceptors (Lipinski definition) is 3. The fraction of sp³-hybridized carbons (Fsp3) is 0.556. The Morgan fingerprint density at radius 1 is 1.54 bits per heavy atom. The van der Waals surface area contributed by atoms with E-state index in [0.29, 0.717) is 6.42 Å². The minimum Gasteiger partial charge on any atom is -0.392 e. The lowest BCUT2D eigenvalue weighted by atomic mass is 10.0. The molecule has 1 heterocycles. The van der Waals surface area contributed by atoms with Crippen LogP contribution in [0.15, 0.2) is 12.5 Å². The number of nitrogens with zero attached hydrogens (tertiary/aromatic N) is 2. The van der Waals surface area contributed by atoms with Crippen molar-refractivity contribution in [2.24, 2.45) is 5.92 Å². The number of rotatable bonds is 3. The minimum atomic E-state index is -0.316. The van der Waals surface area contributed by atoms with E-state index in [1.165, 1.54) is 6.33 Å². The van der Waals surface area contributed by atoms with Gasteiger partial charge in [0.05, 0.1) is 15.4 Å². The Hall–Kier alpha value is -0.230. The average molecular weight is 292 g/mol. The number of halogens is 1. The van der Waals surface area contributed by atoms with E-state index in [4.69, 9.17) is 0 Å². The highest BCUT2D eigenvalue weighted by atomic mass is 127. The molecule has 0 amide bonds. The normalized spacial score (nSPS) is 13.3. The molecule has 0 aliphatic carbocycles. The van der Waals surface area contributed by atoms with Crippen LogP contribution in [0.1, 0.15) is 19.5 Å². The second kappa shape index (κ2) is 4.85. The molecule has 0 fully saturated rings. The molecule has 0 bridgehead atoms. The highest BCUT2D eigenvalue weighted by molar-refractivity contribution is 14.1. The van der Waals surface area contributed by atoms with E-state index in [0.717, 1.165) is 9.26 Å². The number of aliphatic hydroxyl groups is 1. The van der Waals surface area contributed by atoms with Gasteiger partial charge in [-0.05, 0) is 28.5 Å². The predicted molar refractivity (Wildman–Crippen MR) is 59.3 cm³/mol. The first-order valence-corrected chi connectivity index (χ1v) is 5.31. The van der Waals surface area contributed by atoms with Crippen molar-refractivity contribution in [2.75, 3.05) is 0 Å². The zero-order chi connectivity index (χ0) is 9.84. The average Bonchev–Trinajstić information content (AvgIpc) is 2.08. The molecule has 1 atom stereocenters. The van der Waals surface area contributed by atoms with Crippen LogP contribution in [0.25, 0.3) is 0 Å². The lowest BCUT2D eigenvalue weighted by Gasteiger charge is -2.13. The molecule has 0 aliphatic heterocycles. The number of hydrogen-bond donors (Lipinski definition) is 1. The monoisotopic (exact) mass is 292 g/mol. The topological polar surface area (TPSA) is 46.0 Å². The Labute approximate surface area is 91.8 Å². The molecule has 0 spiro atoms. The van der Waals surface area contributed by atoms with E-state index >= 15 is 0 Å². The highest BCUT2D eigenvalue weighted by Crippen LogP contribution is 2.12. The standard InChI is InChI=1S/C9H13IN2O/c1-6(2)9(13)3-8-7(10)4-11-5-12-8/h4-6,9,13H,3H2,1-2H3. The van der Waals surface area contributed by atoms with Crippen LogP contribution in [0, 0.1) is 9.49 Å². The van der Waals surface area contributed by atoms with Gasteiger partial charge < -0.3 is 5.11 Å². The Balaban J connectivity index is 2.69. The molecule has 3 nitrogen and oxygen atoms in total. The minimum absolute atomic E-state index is 0.269. The maximum absolute atomic E-state index is 9.64. The molecule has 13 heavy (non-hydrogen) atoms. The van der Waals surface area contributed by atoms with Crippen molar-refractivity contribution < 1.29 is 5.11 Å². The van der Waals surface area contributed by atoms with Crippen LogP contribution in [-0.2, 0) is 6.42 Å². The lowest BCUT2D eigenvalue weighted by Crippen LogP contribution is -2.19. The summed E-state index contributed by atoms with van der Waals surface area (Å²) in [5, 5.41) is 9.64. The number of aromatic nitrogens is 2. The van der Waals surface area contributed by atoms with Gasteiger partial charge in [-0.1, -0.05) is 13.8 Å². The molecule has 0 saturated heterocycles. The summed E-state index contributed by atoms with van der Waals surface area (Å²) < 4.78 is 1.01. The Kier molecular flexibility index (Phi) is 4.05. The number of aliphatic hydroxyl groups excluding tert-OH is 1. The summed E-state index contributed by atoms with van der Waals surface area (Å²) in [4.78, 5) is 8.02. The Bertz CT molecular complexity index is 278. The summed E-state index contributed by atoms with van der Waals surface area (Å²) in [6.07, 6.45) is 3.57. The van der Waals surface area contributed by atoms with E-state index in [1.54, 1.807) is 6.20 Å². The zero-order valence-electron chi connectivity index (χ0n) is 7.74. The van der Waals surface area contributed by atoms with Gasteiger partial charge in [-0.2, -0.15) is 0 Å². The molecule has 0 aromatic carbocycles. The molecular weight excluding hydrogens is 279 g/mol. The zero-order valence-corrected chi connectivity index (χ0v) is 9.89. The van der Waals surface area contributed by atoms with Gasteiger partial charge in [0.2, 0.25) is 0 Å². The van der Waals surface area contributed by atoms with Gasteiger partial charge in [0.1, 0.15) is 6.33 Å². The molecule has 1 rings (SSSR count). The first-order chi connectivity index (χ1) is 6.11. The summed E-state index contributed by atoms with van der Waals surface area (Å²) in [7, 11) is 0. The molecule has 1 aromatic heterocycles. The van der Waals surface area contributed by atoms with Crippen LogP contribution < -0.4 is 0 Å². The summed E-state index contributed by atoms with van der Waals surface area (Å²) in [5.41, 5.74) is 0.928. The quantitative estimate of drug-likeness (QED) is 0.862. The van der Waals surface area contributed by atoms with Gasteiger partial charge in [0.25, 0.3) is 0 Å². The Morgan fingerprint density at radius 2 is 2.23 bits per heavy atom. The molecule has 1 unspecified atom stereocenters. The van der Waals surface area contributed by atoms with Crippen molar-refractivity contribution in [2.45, 2.75) is 26.4 Å². The summed E-state index contributed by atoms with van der Waals surface area (Å²) >= 11 is 2.18. The van der Waals surface area contributed by atoms with Crippen LogP contribution in [0.4, 0.5) is 0 Å². The van der Waals surface area contributed by atoms with Gasteiger partial charge in [0.15, 0.2) is 0 Å². The van der Waals surface area contributed by atoms with Gasteiger partial charge in [-0.15, -0.1) is 0 Å². The summed E-state index contributed by atoms with van der Waals surface area (Å²) in [5.74, 6) is 0.269.